The van der Waals surface area contributed by atoms with Crippen LogP contribution in [0.25, 0.3) is 0 Å². The molecule has 1 aliphatic heterocycles. The Balaban J connectivity index is 0.00000288. The first-order valence-electron chi connectivity index (χ1n) is 7.78. The summed E-state index contributed by atoms with van der Waals surface area (Å²) in [5.74, 6) is -0.841. The molecule has 2 heterocycles. The van der Waals surface area contributed by atoms with Crippen LogP contribution in [-0.4, -0.2) is 60.9 Å². The van der Waals surface area contributed by atoms with Crippen LogP contribution in [0, 0.1) is 13.8 Å². The van der Waals surface area contributed by atoms with E-state index in [4.69, 9.17) is 5.11 Å². The third-order valence-electron chi connectivity index (χ3n) is 4.30. The van der Waals surface area contributed by atoms with Crippen molar-refractivity contribution in [1.82, 2.24) is 9.21 Å². The van der Waals surface area contributed by atoms with Crippen LogP contribution in [0.1, 0.15) is 29.5 Å². The number of aliphatic carboxylic acids is 1. The Morgan fingerprint density at radius 1 is 1.38 bits per heavy atom. The number of thiophene rings is 1. The van der Waals surface area contributed by atoms with Gasteiger partial charge in [0.05, 0.1) is 11.4 Å². The summed E-state index contributed by atoms with van der Waals surface area (Å²) >= 11 is 1.50. The monoisotopic (exact) mass is 396 g/mol. The van der Waals surface area contributed by atoms with Gasteiger partial charge in [0.25, 0.3) is 0 Å². The summed E-state index contributed by atoms with van der Waals surface area (Å²) < 4.78 is 27.1. The second kappa shape index (κ2) is 8.62. The Hall–Kier alpha value is -0.670. The average Bonchev–Trinajstić information content (AvgIpc) is 2.84. The van der Waals surface area contributed by atoms with Crippen molar-refractivity contribution in [2.75, 3.05) is 26.2 Å². The Labute approximate surface area is 153 Å². The second-order valence-corrected chi connectivity index (χ2v) is 9.24. The second-order valence-electron chi connectivity index (χ2n) is 5.87. The minimum absolute atomic E-state index is 0. The molecule has 1 saturated heterocycles. The van der Waals surface area contributed by atoms with E-state index in [0.717, 1.165) is 9.75 Å². The zero-order valence-corrected chi connectivity index (χ0v) is 16.6. The highest BCUT2D eigenvalue weighted by Gasteiger charge is 2.33. The molecule has 1 aliphatic rings. The highest BCUT2D eigenvalue weighted by Crippen LogP contribution is 2.29. The van der Waals surface area contributed by atoms with Gasteiger partial charge in [-0.3, -0.25) is 9.69 Å². The van der Waals surface area contributed by atoms with Gasteiger partial charge in [-0.25, -0.2) is 8.42 Å². The summed E-state index contributed by atoms with van der Waals surface area (Å²) in [5, 5.41) is 8.96. The van der Waals surface area contributed by atoms with E-state index in [9.17, 15) is 13.2 Å². The standard InChI is InChI=1S/C15H24N2O4S2.ClH/c1-4-16(10-15(18)19)13-5-7-17(8-6-13)23(20,21)14-9-11(2)22-12(14)3;/h9,13H,4-8,10H2,1-3H3,(H,18,19);1H. The summed E-state index contributed by atoms with van der Waals surface area (Å²) in [7, 11) is -3.44. The van der Waals surface area contributed by atoms with Crippen molar-refractivity contribution >= 4 is 39.7 Å². The Morgan fingerprint density at radius 3 is 2.38 bits per heavy atom. The van der Waals surface area contributed by atoms with Gasteiger partial charge >= 0.3 is 5.97 Å². The molecule has 1 N–H and O–H groups in total. The molecular formula is C15H25ClN2O4S2. The number of carboxylic acid groups (broad SMARTS) is 1. The number of hydrogen-bond donors (Lipinski definition) is 1. The quantitative estimate of drug-likeness (QED) is 0.798. The molecule has 0 atom stereocenters. The Kier molecular flexibility index (Phi) is 7.68. The predicted octanol–water partition coefficient (Wildman–Crippen LogP) is 2.35. The fourth-order valence-electron chi connectivity index (χ4n) is 3.12. The number of aryl methyl sites for hydroxylation is 2. The molecule has 1 aromatic heterocycles. The molecule has 0 aromatic carbocycles. The van der Waals surface area contributed by atoms with Crippen LogP contribution in [0.3, 0.4) is 0 Å². The van der Waals surface area contributed by atoms with Crippen LogP contribution in [0.2, 0.25) is 0 Å². The van der Waals surface area contributed by atoms with Crippen LogP contribution in [0.5, 0.6) is 0 Å². The maximum Gasteiger partial charge on any atom is 0.317 e. The summed E-state index contributed by atoms with van der Waals surface area (Å²) in [4.78, 5) is 15.1. The van der Waals surface area contributed by atoms with E-state index in [2.05, 4.69) is 0 Å². The van der Waals surface area contributed by atoms with Crippen molar-refractivity contribution in [2.45, 2.75) is 44.6 Å². The molecule has 0 spiro atoms. The molecule has 1 fully saturated rings. The average molecular weight is 397 g/mol. The zero-order chi connectivity index (χ0) is 17.2. The topological polar surface area (TPSA) is 77.9 Å². The number of carboxylic acids is 1. The molecule has 0 radical (unpaired) electrons. The van der Waals surface area contributed by atoms with E-state index in [1.54, 1.807) is 6.07 Å². The molecule has 9 heteroatoms. The molecule has 2 rings (SSSR count). The Morgan fingerprint density at radius 2 is 1.96 bits per heavy atom. The van der Waals surface area contributed by atoms with Crippen molar-refractivity contribution in [1.29, 1.82) is 0 Å². The minimum Gasteiger partial charge on any atom is -0.480 e. The van der Waals surface area contributed by atoms with Crippen LogP contribution in [0.4, 0.5) is 0 Å². The van der Waals surface area contributed by atoms with E-state index >= 15 is 0 Å². The molecule has 6 nitrogen and oxygen atoms in total. The maximum absolute atomic E-state index is 12.8. The van der Waals surface area contributed by atoms with Crippen LogP contribution >= 0.6 is 23.7 Å². The van der Waals surface area contributed by atoms with Crippen molar-refractivity contribution in [3.05, 3.63) is 15.8 Å². The maximum atomic E-state index is 12.8. The lowest BCUT2D eigenvalue weighted by molar-refractivity contribution is -0.139. The Bertz CT molecular complexity index is 667. The van der Waals surface area contributed by atoms with E-state index in [1.807, 2.05) is 25.7 Å². The lowest BCUT2D eigenvalue weighted by Gasteiger charge is -2.36. The van der Waals surface area contributed by atoms with Gasteiger partial charge in [-0.15, -0.1) is 23.7 Å². The van der Waals surface area contributed by atoms with E-state index in [0.29, 0.717) is 37.4 Å². The van der Waals surface area contributed by atoms with Gasteiger partial charge in [-0.2, -0.15) is 4.31 Å². The molecule has 138 valence electrons. The number of carbonyl (C=O) groups is 1. The van der Waals surface area contributed by atoms with Crippen molar-refractivity contribution in [2.24, 2.45) is 0 Å². The van der Waals surface area contributed by atoms with Gasteiger partial charge in [0.1, 0.15) is 0 Å². The number of halogens is 1. The molecule has 0 bridgehead atoms. The number of likely N-dealkylation sites (N-methyl/N-ethyl adjacent to an activating group) is 1. The molecular weight excluding hydrogens is 372 g/mol. The lowest BCUT2D eigenvalue weighted by atomic mass is 10.0. The fourth-order valence-corrected chi connectivity index (χ4v) is 6.12. The van der Waals surface area contributed by atoms with E-state index in [1.165, 1.54) is 15.6 Å². The summed E-state index contributed by atoms with van der Waals surface area (Å²) in [5.41, 5.74) is 0. The zero-order valence-electron chi connectivity index (χ0n) is 14.2. The summed E-state index contributed by atoms with van der Waals surface area (Å²) in [6.07, 6.45) is 1.34. The molecule has 0 amide bonds. The lowest BCUT2D eigenvalue weighted by Crippen LogP contribution is -2.48. The minimum atomic E-state index is -3.44. The van der Waals surface area contributed by atoms with Gasteiger partial charge in [-0.05, 0) is 39.3 Å². The van der Waals surface area contributed by atoms with Gasteiger partial charge in [0.15, 0.2) is 0 Å². The first kappa shape index (κ1) is 21.4. The SMILES string of the molecule is CCN(CC(=O)O)C1CCN(S(=O)(=O)c2cc(C)sc2C)CC1.Cl. The smallest absolute Gasteiger partial charge is 0.317 e. The van der Waals surface area contributed by atoms with Crippen LogP contribution in [0.15, 0.2) is 11.0 Å². The van der Waals surface area contributed by atoms with Crippen molar-refractivity contribution < 1.29 is 18.3 Å². The van der Waals surface area contributed by atoms with Crippen LogP contribution < -0.4 is 0 Å². The van der Waals surface area contributed by atoms with Crippen molar-refractivity contribution in [3.8, 4) is 0 Å². The number of nitrogens with zero attached hydrogens (tertiary/aromatic N) is 2. The largest absolute Gasteiger partial charge is 0.480 e. The fraction of sp³-hybridized carbons (Fsp3) is 0.667. The molecule has 24 heavy (non-hydrogen) atoms. The molecule has 0 saturated carbocycles. The predicted molar refractivity (Wildman–Crippen MR) is 97.7 cm³/mol. The summed E-state index contributed by atoms with van der Waals surface area (Å²) in [6.45, 7) is 7.23. The third-order valence-corrected chi connectivity index (χ3v) is 7.42. The third kappa shape index (κ3) is 4.70. The van der Waals surface area contributed by atoms with Gasteiger partial charge in [0.2, 0.25) is 10.0 Å². The summed E-state index contributed by atoms with van der Waals surface area (Å²) in [6, 6.07) is 1.87. The molecule has 1 aromatic rings. The van der Waals surface area contributed by atoms with Gasteiger partial charge in [-0.1, -0.05) is 6.92 Å². The van der Waals surface area contributed by atoms with E-state index < -0.39 is 16.0 Å². The highest BCUT2D eigenvalue weighted by atomic mass is 35.5. The number of hydrogen-bond acceptors (Lipinski definition) is 5. The molecule has 0 unspecified atom stereocenters. The first-order chi connectivity index (χ1) is 10.8. The first-order valence-corrected chi connectivity index (χ1v) is 10.0. The normalized spacial score (nSPS) is 17.0. The van der Waals surface area contributed by atoms with Gasteiger partial charge < -0.3 is 5.11 Å². The number of sulfonamides is 1. The van der Waals surface area contributed by atoms with Crippen molar-refractivity contribution in [3.63, 3.8) is 0 Å². The van der Waals surface area contributed by atoms with E-state index in [-0.39, 0.29) is 25.0 Å². The number of rotatable bonds is 6. The van der Waals surface area contributed by atoms with Crippen LogP contribution in [-0.2, 0) is 14.8 Å². The molecule has 0 aliphatic carbocycles. The highest BCUT2D eigenvalue weighted by molar-refractivity contribution is 7.89. The van der Waals surface area contributed by atoms with Gasteiger partial charge in [0, 0.05) is 28.9 Å². The number of piperidine rings is 1.